The first kappa shape index (κ1) is 17.5. The van der Waals surface area contributed by atoms with Crippen LogP contribution in [0.3, 0.4) is 0 Å². The summed E-state index contributed by atoms with van der Waals surface area (Å²) in [6, 6.07) is 6.82. The molecular weight excluding hydrogens is 342 g/mol. The zero-order valence-corrected chi connectivity index (χ0v) is 14.0. The summed E-state index contributed by atoms with van der Waals surface area (Å²) in [5.74, 6) is -0.956. The summed E-state index contributed by atoms with van der Waals surface area (Å²) >= 11 is 0. The highest BCUT2D eigenvalue weighted by molar-refractivity contribution is 5.64. The highest BCUT2D eigenvalue weighted by atomic mass is 16.5. The zero-order chi connectivity index (χ0) is 19.0. The van der Waals surface area contributed by atoms with Crippen molar-refractivity contribution in [3.05, 3.63) is 41.5 Å². The van der Waals surface area contributed by atoms with Crippen LogP contribution in [0.5, 0.6) is 28.7 Å². The molecule has 1 amide bonds. The van der Waals surface area contributed by atoms with E-state index in [1.807, 2.05) is 0 Å². The summed E-state index contributed by atoms with van der Waals surface area (Å²) in [4.78, 5) is 12.3. The van der Waals surface area contributed by atoms with E-state index in [0.717, 1.165) is 4.90 Å². The third-order valence-electron chi connectivity index (χ3n) is 4.48. The van der Waals surface area contributed by atoms with Crippen LogP contribution in [0.25, 0.3) is 0 Å². The lowest BCUT2D eigenvalue weighted by atomic mass is 9.86. The van der Waals surface area contributed by atoms with Gasteiger partial charge in [0, 0.05) is 37.2 Å². The minimum absolute atomic E-state index is 0.126. The van der Waals surface area contributed by atoms with E-state index in [0.29, 0.717) is 17.5 Å². The number of phenolic OH excluding ortho intramolecular Hbond substituents is 4. The molecule has 26 heavy (non-hydrogen) atoms. The average Bonchev–Trinajstić information content (AvgIpc) is 2.57. The van der Waals surface area contributed by atoms with Crippen LogP contribution in [0.4, 0.5) is 4.79 Å². The highest BCUT2D eigenvalue weighted by Crippen LogP contribution is 2.45. The maximum absolute atomic E-state index is 11.2. The van der Waals surface area contributed by atoms with E-state index >= 15 is 0 Å². The summed E-state index contributed by atoms with van der Waals surface area (Å²) in [5, 5.41) is 48.2. The lowest BCUT2D eigenvalue weighted by molar-refractivity contribution is 0.0831. The molecule has 0 spiro atoms. The van der Waals surface area contributed by atoms with Gasteiger partial charge in [0.1, 0.15) is 23.4 Å². The van der Waals surface area contributed by atoms with Crippen LogP contribution >= 0.6 is 0 Å². The molecule has 1 heterocycles. The van der Waals surface area contributed by atoms with E-state index in [-0.39, 0.29) is 41.2 Å². The number of nitrogens with zero attached hydrogens (tertiary/aromatic N) is 1. The molecule has 2 atom stereocenters. The fourth-order valence-corrected chi connectivity index (χ4v) is 3.18. The lowest BCUT2D eigenvalue weighted by Gasteiger charge is -2.36. The Hall–Kier alpha value is -3.29. The Bertz CT molecular complexity index is 852. The van der Waals surface area contributed by atoms with Gasteiger partial charge in [-0.15, -0.1) is 0 Å². The van der Waals surface area contributed by atoms with Crippen molar-refractivity contribution < 1.29 is 35.1 Å². The molecule has 0 aliphatic carbocycles. The molecule has 8 nitrogen and oxygen atoms in total. The number of carbonyl (C=O) groups is 1. The molecule has 2 aromatic rings. The topological polar surface area (TPSA) is 131 Å². The summed E-state index contributed by atoms with van der Waals surface area (Å²) in [5.41, 5.74) is 1.02. The van der Waals surface area contributed by atoms with Crippen LogP contribution in [-0.2, 0) is 6.42 Å². The van der Waals surface area contributed by atoms with Crippen LogP contribution < -0.4 is 4.74 Å². The first-order valence-electron chi connectivity index (χ1n) is 7.93. The predicted octanol–water partition coefficient (Wildman–Crippen LogP) is 2.41. The standard InChI is InChI=1S/C18H19NO7/c1-19(18(24)25)8-10-4-12-14(22)6-11(20)7-16(12)26-17(10)9-2-3-13(21)15(23)5-9/h2-3,5-7,10,17,20-23H,4,8H2,1H3,(H,24,25)/t10-,17+/m1/s1. The van der Waals surface area contributed by atoms with Crippen molar-refractivity contribution in [2.24, 2.45) is 5.92 Å². The van der Waals surface area contributed by atoms with Crippen molar-refractivity contribution in [2.75, 3.05) is 13.6 Å². The van der Waals surface area contributed by atoms with Gasteiger partial charge in [0.25, 0.3) is 0 Å². The lowest BCUT2D eigenvalue weighted by Crippen LogP contribution is -2.37. The van der Waals surface area contributed by atoms with Crippen LogP contribution in [-0.4, -0.2) is 50.1 Å². The molecule has 0 bridgehead atoms. The summed E-state index contributed by atoms with van der Waals surface area (Å²) in [6.07, 6.45) is -1.43. The Morgan fingerprint density at radius 3 is 2.50 bits per heavy atom. The smallest absolute Gasteiger partial charge is 0.407 e. The van der Waals surface area contributed by atoms with E-state index < -0.39 is 12.2 Å². The van der Waals surface area contributed by atoms with Gasteiger partial charge < -0.3 is 35.2 Å². The van der Waals surface area contributed by atoms with Gasteiger partial charge in [-0.2, -0.15) is 0 Å². The molecule has 0 aromatic heterocycles. The molecule has 1 aliphatic rings. The fraction of sp³-hybridized carbons (Fsp3) is 0.278. The minimum Gasteiger partial charge on any atom is -0.508 e. The van der Waals surface area contributed by atoms with Gasteiger partial charge in [0.05, 0.1) is 0 Å². The molecule has 0 saturated heterocycles. The maximum Gasteiger partial charge on any atom is 0.407 e. The van der Waals surface area contributed by atoms with Crippen molar-refractivity contribution in [1.82, 2.24) is 4.90 Å². The Balaban J connectivity index is 2.02. The molecule has 0 unspecified atom stereocenters. The third kappa shape index (κ3) is 3.26. The normalized spacial score (nSPS) is 18.7. The minimum atomic E-state index is -1.10. The molecule has 0 saturated carbocycles. The van der Waals surface area contributed by atoms with Gasteiger partial charge in [-0.05, 0) is 24.1 Å². The van der Waals surface area contributed by atoms with Gasteiger partial charge in [-0.1, -0.05) is 6.07 Å². The van der Waals surface area contributed by atoms with Gasteiger partial charge >= 0.3 is 6.09 Å². The summed E-state index contributed by atoms with van der Waals surface area (Å²) in [6.45, 7) is 0.126. The third-order valence-corrected chi connectivity index (χ3v) is 4.48. The first-order chi connectivity index (χ1) is 12.3. The molecular formula is C18H19NO7. The van der Waals surface area contributed by atoms with Crippen LogP contribution in [0.2, 0.25) is 0 Å². The second kappa shape index (κ2) is 6.55. The van der Waals surface area contributed by atoms with E-state index in [9.17, 15) is 25.2 Å². The molecule has 2 aromatic carbocycles. The number of benzene rings is 2. The predicted molar refractivity (Wildman–Crippen MR) is 90.8 cm³/mol. The first-order valence-corrected chi connectivity index (χ1v) is 7.93. The molecule has 8 heteroatoms. The Morgan fingerprint density at radius 2 is 1.85 bits per heavy atom. The van der Waals surface area contributed by atoms with E-state index in [4.69, 9.17) is 9.84 Å². The number of carboxylic acid groups (broad SMARTS) is 1. The van der Waals surface area contributed by atoms with E-state index in [1.165, 1.54) is 31.3 Å². The van der Waals surface area contributed by atoms with Crippen molar-refractivity contribution in [3.63, 3.8) is 0 Å². The zero-order valence-electron chi connectivity index (χ0n) is 14.0. The Kier molecular flexibility index (Phi) is 4.41. The fourth-order valence-electron chi connectivity index (χ4n) is 3.18. The molecule has 0 fully saturated rings. The summed E-state index contributed by atoms with van der Waals surface area (Å²) in [7, 11) is 1.43. The quantitative estimate of drug-likeness (QED) is 0.531. The molecule has 0 radical (unpaired) electrons. The van der Waals surface area contributed by atoms with E-state index in [1.54, 1.807) is 6.07 Å². The largest absolute Gasteiger partial charge is 0.508 e. The van der Waals surface area contributed by atoms with Crippen molar-refractivity contribution in [3.8, 4) is 28.7 Å². The molecule has 138 valence electrons. The van der Waals surface area contributed by atoms with Gasteiger partial charge in [-0.25, -0.2) is 4.79 Å². The second-order valence-electron chi connectivity index (χ2n) is 6.36. The number of aromatic hydroxyl groups is 4. The number of phenols is 4. The second-order valence-corrected chi connectivity index (χ2v) is 6.36. The van der Waals surface area contributed by atoms with E-state index in [2.05, 4.69) is 0 Å². The number of ether oxygens (including phenoxy) is 1. The van der Waals surface area contributed by atoms with Crippen LogP contribution in [0.15, 0.2) is 30.3 Å². The molecule has 3 rings (SSSR count). The van der Waals surface area contributed by atoms with Crippen molar-refractivity contribution >= 4 is 6.09 Å². The van der Waals surface area contributed by atoms with Gasteiger partial charge in [-0.3, -0.25) is 0 Å². The SMILES string of the molecule is CN(C[C@H]1Cc2c(O)cc(O)cc2O[C@H]1c1ccc(O)c(O)c1)C(=O)O. The molecule has 1 aliphatic heterocycles. The highest BCUT2D eigenvalue weighted by Gasteiger charge is 2.35. The monoisotopic (exact) mass is 361 g/mol. The van der Waals surface area contributed by atoms with Gasteiger partial charge in [0.2, 0.25) is 0 Å². The molecule has 5 N–H and O–H groups in total. The summed E-state index contributed by atoms with van der Waals surface area (Å²) < 4.78 is 5.94. The Morgan fingerprint density at radius 1 is 1.12 bits per heavy atom. The van der Waals surface area contributed by atoms with Crippen LogP contribution in [0.1, 0.15) is 17.2 Å². The Labute approximate surface area is 149 Å². The van der Waals surface area contributed by atoms with Crippen molar-refractivity contribution in [1.29, 1.82) is 0 Å². The van der Waals surface area contributed by atoms with Crippen LogP contribution in [0, 0.1) is 5.92 Å². The number of rotatable bonds is 3. The number of hydrogen-bond donors (Lipinski definition) is 5. The number of amides is 1. The maximum atomic E-state index is 11.2. The number of fused-ring (bicyclic) bond motifs is 1. The van der Waals surface area contributed by atoms with Crippen molar-refractivity contribution in [2.45, 2.75) is 12.5 Å². The average molecular weight is 361 g/mol. The number of hydrogen-bond acceptors (Lipinski definition) is 6. The van der Waals surface area contributed by atoms with Gasteiger partial charge in [0.15, 0.2) is 11.5 Å².